The Morgan fingerprint density at radius 2 is 0.581 bits per heavy atom. The molecular weight excluding hydrogens is 1120 g/mol. The molecule has 10 rings (SSSR count). The van der Waals surface area contributed by atoms with Crippen molar-refractivity contribution in [3.63, 3.8) is 0 Å². The number of halogens is 8. The highest BCUT2D eigenvalue weighted by Crippen LogP contribution is 2.56. The fraction of sp³-hybridized carbons (Fsp3) is 0.113. The second-order valence-electron chi connectivity index (χ2n) is 20.4. The molecule has 15 heteroatoms. The molecule has 0 saturated carbocycles. The summed E-state index contributed by atoms with van der Waals surface area (Å²) in [6.45, 7) is 7.12. The Hall–Kier alpha value is -10.2. The van der Waals surface area contributed by atoms with Crippen molar-refractivity contribution >= 4 is 17.3 Å². The number of hydrogen-bond donors (Lipinski definition) is 0. The van der Waals surface area contributed by atoms with E-state index in [4.69, 9.17) is 18.9 Å². The number of rotatable bonds is 17. The maximum atomic E-state index is 14.9. The van der Waals surface area contributed by atoms with Gasteiger partial charge in [0.15, 0.2) is 17.3 Å². The Morgan fingerprint density at radius 3 is 0.907 bits per heavy atom. The molecule has 10 aromatic rings. The van der Waals surface area contributed by atoms with E-state index in [-0.39, 0.29) is 40.4 Å². The van der Waals surface area contributed by atoms with Crippen molar-refractivity contribution in [2.45, 2.75) is 51.1 Å². The van der Waals surface area contributed by atoms with Gasteiger partial charge in [0.2, 0.25) is 5.41 Å². The molecule has 0 fully saturated rings. The third kappa shape index (κ3) is 14.1. The first-order valence-corrected chi connectivity index (χ1v) is 26.7. The minimum Gasteiger partial charge on any atom is -0.483 e. The normalized spacial score (nSPS) is 11.6. The molecule has 0 heterocycles. The molecule has 0 aliphatic carbocycles. The van der Waals surface area contributed by atoms with Crippen LogP contribution < -0.4 is 18.9 Å². The van der Waals surface area contributed by atoms with Crippen LogP contribution in [0.5, 0.6) is 40.2 Å². The topological polar surface area (TPSA) is 88.1 Å². The lowest BCUT2D eigenvalue weighted by atomic mass is 9.73. The molecular formula is C71H52F8O7. The smallest absolute Gasteiger partial charge is 0.411 e. The van der Waals surface area contributed by atoms with Gasteiger partial charge in [-0.15, -0.1) is 0 Å². The van der Waals surface area contributed by atoms with Gasteiger partial charge in [-0.05, 0) is 213 Å². The molecule has 0 spiro atoms. The van der Waals surface area contributed by atoms with Crippen molar-refractivity contribution in [1.29, 1.82) is 0 Å². The summed E-state index contributed by atoms with van der Waals surface area (Å²) < 4.78 is 139. The molecule has 86 heavy (non-hydrogen) atoms. The van der Waals surface area contributed by atoms with Crippen LogP contribution in [-0.2, 0) is 11.0 Å². The average molecular weight is 1170 g/mol. The van der Waals surface area contributed by atoms with E-state index in [0.29, 0.717) is 50.8 Å². The van der Waals surface area contributed by atoms with E-state index in [1.165, 1.54) is 79.7 Å². The van der Waals surface area contributed by atoms with Gasteiger partial charge in [-0.2, -0.15) is 26.3 Å². The summed E-state index contributed by atoms with van der Waals surface area (Å²) in [5, 5.41) is 0. The van der Waals surface area contributed by atoms with E-state index >= 15 is 0 Å². The Bertz CT molecular complexity index is 3930. The molecule has 0 saturated heterocycles. The van der Waals surface area contributed by atoms with Crippen LogP contribution in [0.25, 0.3) is 11.1 Å². The van der Waals surface area contributed by atoms with E-state index in [0.717, 1.165) is 70.8 Å². The molecule has 0 aliphatic heterocycles. The number of ketones is 3. The number of carbonyl (C=O) groups excluding carboxylic acids is 3. The van der Waals surface area contributed by atoms with Crippen molar-refractivity contribution in [2.24, 2.45) is 0 Å². The number of hydrogen-bond acceptors (Lipinski definition) is 7. The molecule has 0 N–H and O–H groups in total. The molecule has 0 radical (unpaired) electrons. The summed E-state index contributed by atoms with van der Waals surface area (Å²) in [5.74, 6) is 1.08. The van der Waals surface area contributed by atoms with Gasteiger partial charge in [0, 0.05) is 27.8 Å². The fourth-order valence-electron chi connectivity index (χ4n) is 9.32. The Balaban J connectivity index is 0.000000802. The number of aryl methyl sites for hydroxylation is 1. The Kier molecular flexibility index (Phi) is 17.8. The predicted molar refractivity (Wildman–Crippen MR) is 312 cm³/mol. The zero-order chi connectivity index (χ0) is 61.4. The van der Waals surface area contributed by atoms with Crippen LogP contribution in [0.4, 0.5) is 35.1 Å². The quantitative estimate of drug-likeness (QED) is 0.0663. The number of alkyl halides is 6. The van der Waals surface area contributed by atoms with Crippen LogP contribution >= 0.6 is 0 Å². The molecule has 0 aliphatic rings. The lowest BCUT2D eigenvalue weighted by Crippen LogP contribution is -2.54. The van der Waals surface area contributed by atoms with Gasteiger partial charge < -0.3 is 18.9 Å². The van der Waals surface area contributed by atoms with Crippen molar-refractivity contribution < 1.29 is 68.5 Å². The van der Waals surface area contributed by atoms with Gasteiger partial charge in [0.05, 0.1) is 0 Å². The zero-order valence-electron chi connectivity index (χ0n) is 46.5. The standard InChI is InChI=1S/C63H45F7O6.C8H7FO/c1-40-4-26-51(27-5-40)73-55-36-20-48(21-37-55)61(62(65,66)67,63(68,69)70)49-22-38-56(39-23-49)75-54-32-14-45(15-33-54)58(71)43-6-18-47(19-7-43)60(2,3)76-57-34-12-42(13-35-57)41-10-28-52(29-11-41)74-53-30-16-46(17-31-53)59(72)44-8-24-50(64)25-9-44;1-6(10)7-2-4-8(9)5-3-7/h4-39H,1-3H3;2-5H,1H3. The minimum atomic E-state index is -5.79. The van der Waals surface area contributed by atoms with E-state index < -0.39 is 40.3 Å². The molecule has 0 amide bonds. The van der Waals surface area contributed by atoms with Crippen LogP contribution in [-0.4, -0.2) is 29.7 Å². The SMILES string of the molecule is CC(=O)c1ccc(F)cc1.Cc1ccc(Oc2ccc(C(c3ccc(Oc4ccc(C(=O)c5ccc(C(C)(C)Oc6ccc(-c7ccc(Oc8ccc(C(=O)c9ccc(F)cc9)cc8)cc7)cc6)cc5)cc4)cc3)(C(F)(F)F)C(F)(F)F)cc2)cc1. The highest BCUT2D eigenvalue weighted by atomic mass is 19.4. The van der Waals surface area contributed by atoms with Crippen molar-refractivity contribution in [1.82, 2.24) is 0 Å². The van der Waals surface area contributed by atoms with Crippen molar-refractivity contribution in [2.75, 3.05) is 0 Å². The van der Waals surface area contributed by atoms with Gasteiger partial charge >= 0.3 is 12.4 Å². The van der Waals surface area contributed by atoms with Crippen molar-refractivity contribution in [3.05, 3.63) is 304 Å². The van der Waals surface area contributed by atoms with Gasteiger partial charge in [-0.1, -0.05) is 90.5 Å². The molecule has 7 nitrogen and oxygen atoms in total. The highest BCUT2D eigenvalue weighted by molar-refractivity contribution is 6.09. The van der Waals surface area contributed by atoms with Gasteiger partial charge in [0.25, 0.3) is 0 Å². The van der Waals surface area contributed by atoms with Crippen molar-refractivity contribution in [3.8, 4) is 51.4 Å². The molecule has 0 unspecified atom stereocenters. The summed E-state index contributed by atoms with van der Waals surface area (Å²) in [6, 6.07) is 59.7. The molecule has 0 atom stereocenters. The summed E-state index contributed by atoms with van der Waals surface area (Å²) in [5.41, 5.74) is -1.53. The number of ether oxygens (including phenoxy) is 4. The maximum Gasteiger partial charge on any atom is 0.411 e. The van der Waals surface area contributed by atoms with E-state index in [1.54, 1.807) is 72.8 Å². The average Bonchev–Trinajstić information content (AvgIpc) is 0.777. The molecule has 0 aromatic heterocycles. The molecule has 0 bridgehead atoms. The summed E-state index contributed by atoms with van der Waals surface area (Å²) in [7, 11) is 0. The Morgan fingerprint density at radius 1 is 0.326 bits per heavy atom. The van der Waals surface area contributed by atoms with Crippen LogP contribution in [0.2, 0.25) is 0 Å². The zero-order valence-corrected chi connectivity index (χ0v) is 46.5. The third-order valence-electron chi connectivity index (χ3n) is 14.0. The monoisotopic (exact) mass is 1170 g/mol. The maximum absolute atomic E-state index is 14.9. The lowest BCUT2D eigenvalue weighted by molar-refractivity contribution is -0.288. The van der Waals surface area contributed by atoms with Crippen LogP contribution in [0.1, 0.15) is 85.2 Å². The van der Waals surface area contributed by atoms with Gasteiger partial charge in [-0.3, -0.25) is 14.4 Å². The van der Waals surface area contributed by atoms with E-state index in [9.17, 15) is 49.5 Å². The molecule has 10 aromatic carbocycles. The summed E-state index contributed by atoms with van der Waals surface area (Å²) in [6.07, 6.45) is -11.6. The predicted octanol–water partition coefficient (Wildman–Crippen LogP) is 19.4. The second kappa shape index (κ2) is 25.4. The lowest BCUT2D eigenvalue weighted by Gasteiger charge is -2.38. The number of Topliss-reactive ketones (excluding diaryl/α,β-unsaturated/α-hetero) is 1. The second-order valence-corrected chi connectivity index (χ2v) is 20.4. The van der Waals surface area contributed by atoms with E-state index in [2.05, 4.69) is 0 Å². The largest absolute Gasteiger partial charge is 0.483 e. The van der Waals surface area contributed by atoms with E-state index in [1.807, 2.05) is 69.3 Å². The summed E-state index contributed by atoms with van der Waals surface area (Å²) in [4.78, 5) is 36.9. The highest BCUT2D eigenvalue weighted by Gasteiger charge is 2.72. The first-order chi connectivity index (χ1) is 40.9. The first kappa shape index (κ1) is 60.4. The van der Waals surface area contributed by atoms with Crippen LogP contribution in [0.3, 0.4) is 0 Å². The number of carbonyl (C=O) groups is 3. The fourth-order valence-corrected chi connectivity index (χ4v) is 9.32. The Labute approximate surface area is 490 Å². The minimum absolute atomic E-state index is 0.0286. The van der Waals surface area contributed by atoms with Gasteiger partial charge in [0.1, 0.15) is 57.5 Å². The third-order valence-corrected chi connectivity index (χ3v) is 14.0. The van der Waals surface area contributed by atoms with Crippen LogP contribution in [0, 0.1) is 18.6 Å². The first-order valence-electron chi connectivity index (χ1n) is 26.7. The van der Waals surface area contributed by atoms with Crippen LogP contribution in [0.15, 0.2) is 243 Å². The number of benzene rings is 10. The van der Waals surface area contributed by atoms with Gasteiger partial charge in [-0.25, -0.2) is 8.78 Å². The molecule has 434 valence electrons. The summed E-state index contributed by atoms with van der Waals surface area (Å²) >= 11 is 0.